The lowest BCUT2D eigenvalue weighted by molar-refractivity contribution is -0.137. The van der Waals surface area contributed by atoms with Gasteiger partial charge in [0.15, 0.2) is 0 Å². The normalized spacial score (nSPS) is 12.6. The molecule has 4 nitrogen and oxygen atoms in total. The summed E-state index contributed by atoms with van der Waals surface area (Å²) in [6.45, 7) is 1.74. The maximum absolute atomic E-state index is 12.7. The number of urea groups is 1. The van der Waals surface area contributed by atoms with E-state index in [4.69, 9.17) is 11.6 Å². The minimum atomic E-state index is -4.51. The van der Waals surface area contributed by atoms with Crippen LogP contribution in [0.1, 0.15) is 24.1 Å². The van der Waals surface area contributed by atoms with Crippen molar-refractivity contribution in [2.75, 3.05) is 5.32 Å². The van der Waals surface area contributed by atoms with E-state index >= 15 is 0 Å². The third-order valence-corrected chi connectivity index (χ3v) is 3.43. The van der Waals surface area contributed by atoms with Gasteiger partial charge in [0.05, 0.1) is 22.3 Å². The first-order valence-corrected chi connectivity index (χ1v) is 6.99. The molecule has 2 aromatic rings. The van der Waals surface area contributed by atoms with Crippen LogP contribution in [0, 0.1) is 0 Å². The van der Waals surface area contributed by atoms with Gasteiger partial charge in [0.25, 0.3) is 0 Å². The van der Waals surface area contributed by atoms with Crippen LogP contribution in [0.25, 0.3) is 0 Å². The molecule has 0 bridgehead atoms. The Balaban J connectivity index is 2.08. The van der Waals surface area contributed by atoms with Crippen LogP contribution in [-0.4, -0.2) is 11.0 Å². The Kier molecular flexibility index (Phi) is 5.10. The number of rotatable bonds is 3. The number of benzene rings is 1. The number of aromatic nitrogens is 1. The predicted molar refractivity (Wildman–Crippen MR) is 81.3 cm³/mol. The number of anilines is 1. The molecule has 2 N–H and O–H groups in total. The topological polar surface area (TPSA) is 54.0 Å². The molecular formula is C15H13ClF3N3O. The summed E-state index contributed by atoms with van der Waals surface area (Å²) in [6.07, 6.45) is -1.36. The van der Waals surface area contributed by atoms with Gasteiger partial charge in [-0.05, 0) is 42.8 Å². The molecule has 1 aromatic carbocycles. The summed E-state index contributed by atoms with van der Waals surface area (Å²) in [4.78, 5) is 15.8. The predicted octanol–water partition coefficient (Wildman–Crippen LogP) is 4.64. The second kappa shape index (κ2) is 6.87. The standard InChI is InChI=1S/C15H13ClF3N3O/c1-9(10-4-6-20-7-5-10)21-14(23)22-13-8-11(15(17,18)19)2-3-12(13)16/h2-9H,1H3,(H2,21,22,23). The van der Waals surface area contributed by atoms with Crippen molar-refractivity contribution in [2.45, 2.75) is 19.1 Å². The lowest BCUT2D eigenvalue weighted by Gasteiger charge is -2.16. The summed E-state index contributed by atoms with van der Waals surface area (Å²) in [5.74, 6) is 0. The lowest BCUT2D eigenvalue weighted by atomic mass is 10.1. The Morgan fingerprint density at radius 3 is 2.48 bits per heavy atom. The van der Waals surface area contributed by atoms with Gasteiger partial charge >= 0.3 is 12.2 Å². The monoisotopic (exact) mass is 343 g/mol. The van der Waals surface area contributed by atoms with Gasteiger partial charge in [0.1, 0.15) is 0 Å². The number of carbonyl (C=O) groups is 1. The fraction of sp³-hybridized carbons (Fsp3) is 0.200. The van der Waals surface area contributed by atoms with Crippen molar-refractivity contribution in [3.8, 4) is 0 Å². The van der Waals surface area contributed by atoms with Crippen molar-refractivity contribution in [3.05, 3.63) is 58.9 Å². The van der Waals surface area contributed by atoms with E-state index in [1.807, 2.05) is 0 Å². The molecule has 1 atom stereocenters. The van der Waals surface area contributed by atoms with Crippen molar-refractivity contribution < 1.29 is 18.0 Å². The quantitative estimate of drug-likeness (QED) is 0.853. The van der Waals surface area contributed by atoms with Crippen molar-refractivity contribution in [1.29, 1.82) is 0 Å². The summed E-state index contributed by atoms with van der Waals surface area (Å²) >= 11 is 5.83. The van der Waals surface area contributed by atoms with Gasteiger partial charge in [-0.1, -0.05) is 11.6 Å². The molecule has 23 heavy (non-hydrogen) atoms. The summed E-state index contributed by atoms with van der Waals surface area (Å²) in [5.41, 5.74) is -0.189. The average Bonchev–Trinajstić information content (AvgIpc) is 2.49. The van der Waals surface area contributed by atoms with Gasteiger partial charge in [-0.2, -0.15) is 13.2 Å². The fourth-order valence-corrected chi connectivity index (χ4v) is 2.05. The zero-order valence-corrected chi connectivity index (χ0v) is 12.7. The third-order valence-electron chi connectivity index (χ3n) is 3.10. The van der Waals surface area contributed by atoms with E-state index in [0.717, 1.165) is 23.8 Å². The minimum absolute atomic E-state index is 0.0183. The molecule has 0 aliphatic carbocycles. The van der Waals surface area contributed by atoms with E-state index in [1.165, 1.54) is 0 Å². The van der Waals surface area contributed by atoms with Crippen molar-refractivity contribution in [3.63, 3.8) is 0 Å². The molecule has 0 saturated heterocycles. The third kappa shape index (κ3) is 4.59. The Labute approximate surface area is 135 Å². The molecule has 0 spiro atoms. The number of halogens is 4. The first kappa shape index (κ1) is 17.1. The molecule has 2 rings (SSSR count). The van der Waals surface area contributed by atoms with Crippen LogP contribution < -0.4 is 10.6 Å². The van der Waals surface area contributed by atoms with Crippen molar-refractivity contribution in [2.24, 2.45) is 0 Å². The molecule has 0 saturated carbocycles. The van der Waals surface area contributed by atoms with Crippen LogP contribution >= 0.6 is 11.6 Å². The van der Waals surface area contributed by atoms with E-state index < -0.39 is 17.8 Å². The molecule has 0 aliphatic heterocycles. The molecule has 2 amide bonds. The van der Waals surface area contributed by atoms with Crippen LogP contribution in [-0.2, 0) is 6.18 Å². The van der Waals surface area contributed by atoms with Crippen molar-refractivity contribution >= 4 is 23.3 Å². The number of amides is 2. The van der Waals surface area contributed by atoms with Gasteiger partial charge in [-0.25, -0.2) is 4.79 Å². The molecular weight excluding hydrogens is 331 g/mol. The zero-order valence-electron chi connectivity index (χ0n) is 12.0. The maximum Gasteiger partial charge on any atom is 0.416 e. The summed E-state index contributed by atoms with van der Waals surface area (Å²) in [5, 5.41) is 4.96. The first-order valence-electron chi connectivity index (χ1n) is 6.61. The molecule has 8 heteroatoms. The number of pyridine rings is 1. The highest BCUT2D eigenvalue weighted by molar-refractivity contribution is 6.33. The Morgan fingerprint density at radius 1 is 1.22 bits per heavy atom. The lowest BCUT2D eigenvalue weighted by Crippen LogP contribution is -2.31. The number of carbonyl (C=O) groups excluding carboxylic acids is 1. The fourth-order valence-electron chi connectivity index (χ4n) is 1.89. The molecule has 122 valence electrons. The number of nitrogens with zero attached hydrogens (tertiary/aromatic N) is 1. The van der Waals surface area contributed by atoms with Crippen LogP contribution in [0.5, 0.6) is 0 Å². The van der Waals surface area contributed by atoms with E-state index in [-0.39, 0.29) is 16.8 Å². The van der Waals surface area contributed by atoms with Crippen molar-refractivity contribution in [1.82, 2.24) is 10.3 Å². The van der Waals surface area contributed by atoms with Gasteiger partial charge < -0.3 is 10.6 Å². The van der Waals surface area contributed by atoms with Crippen LogP contribution in [0.3, 0.4) is 0 Å². The van der Waals surface area contributed by atoms with Crippen LogP contribution in [0.4, 0.5) is 23.7 Å². The zero-order chi connectivity index (χ0) is 17.0. The Hall–Kier alpha value is -2.28. The van der Waals surface area contributed by atoms with Gasteiger partial charge in [-0.15, -0.1) is 0 Å². The highest BCUT2D eigenvalue weighted by Gasteiger charge is 2.31. The van der Waals surface area contributed by atoms with Gasteiger partial charge in [0, 0.05) is 12.4 Å². The van der Waals surface area contributed by atoms with E-state index in [0.29, 0.717) is 0 Å². The molecule has 0 fully saturated rings. The largest absolute Gasteiger partial charge is 0.416 e. The number of hydrogen-bond acceptors (Lipinski definition) is 2. The first-order chi connectivity index (χ1) is 10.8. The Morgan fingerprint density at radius 2 is 1.87 bits per heavy atom. The smallest absolute Gasteiger partial charge is 0.331 e. The van der Waals surface area contributed by atoms with Gasteiger partial charge in [0.2, 0.25) is 0 Å². The molecule has 1 unspecified atom stereocenters. The number of alkyl halides is 3. The SMILES string of the molecule is CC(NC(=O)Nc1cc(C(F)(F)F)ccc1Cl)c1ccncc1. The van der Waals surface area contributed by atoms with Gasteiger partial charge in [-0.3, -0.25) is 4.98 Å². The number of nitrogens with one attached hydrogen (secondary N) is 2. The molecule has 0 radical (unpaired) electrons. The highest BCUT2D eigenvalue weighted by atomic mass is 35.5. The van der Waals surface area contributed by atoms with Crippen LogP contribution in [0.15, 0.2) is 42.7 Å². The van der Waals surface area contributed by atoms with E-state index in [1.54, 1.807) is 31.5 Å². The minimum Gasteiger partial charge on any atom is -0.331 e. The maximum atomic E-state index is 12.7. The van der Waals surface area contributed by atoms with E-state index in [9.17, 15) is 18.0 Å². The second-order valence-corrected chi connectivity index (χ2v) is 5.20. The Bertz CT molecular complexity index is 692. The second-order valence-electron chi connectivity index (χ2n) is 4.79. The molecule has 0 aliphatic rings. The average molecular weight is 344 g/mol. The summed E-state index contributed by atoms with van der Waals surface area (Å²) in [7, 11) is 0. The summed E-state index contributed by atoms with van der Waals surface area (Å²) < 4.78 is 38.1. The van der Waals surface area contributed by atoms with E-state index in [2.05, 4.69) is 15.6 Å². The highest BCUT2D eigenvalue weighted by Crippen LogP contribution is 2.33. The molecule has 1 aromatic heterocycles. The van der Waals surface area contributed by atoms with Crippen LogP contribution in [0.2, 0.25) is 5.02 Å². The number of hydrogen-bond donors (Lipinski definition) is 2. The molecule has 1 heterocycles. The summed E-state index contributed by atoms with van der Waals surface area (Å²) in [6, 6.07) is 5.18.